The SMILES string of the molecule is CC(C)(C)OC(=O)NCC1(CS(C)(=O)=O)CCNC1. The van der Waals surface area contributed by atoms with E-state index < -0.39 is 26.9 Å². The molecule has 1 heterocycles. The molecule has 0 radical (unpaired) electrons. The van der Waals surface area contributed by atoms with Crippen LogP contribution in [0.1, 0.15) is 27.2 Å². The fourth-order valence-electron chi connectivity index (χ4n) is 2.25. The molecule has 1 amide bonds. The van der Waals surface area contributed by atoms with Crippen LogP contribution in [0.15, 0.2) is 0 Å². The molecule has 0 aromatic carbocycles. The average Bonchev–Trinajstić information content (AvgIpc) is 2.58. The molecule has 0 aliphatic carbocycles. The highest BCUT2D eigenvalue weighted by Gasteiger charge is 2.37. The van der Waals surface area contributed by atoms with Crippen LogP contribution in [0, 0.1) is 5.41 Å². The minimum absolute atomic E-state index is 0.0722. The van der Waals surface area contributed by atoms with E-state index in [9.17, 15) is 13.2 Å². The minimum atomic E-state index is -3.08. The minimum Gasteiger partial charge on any atom is -0.444 e. The maximum Gasteiger partial charge on any atom is 0.407 e. The van der Waals surface area contributed by atoms with Crippen LogP contribution < -0.4 is 10.6 Å². The van der Waals surface area contributed by atoms with E-state index in [0.29, 0.717) is 13.1 Å². The van der Waals surface area contributed by atoms with Gasteiger partial charge in [-0.25, -0.2) is 13.2 Å². The quantitative estimate of drug-likeness (QED) is 0.790. The van der Waals surface area contributed by atoms with Crippen molar-refractivity contribution in [2.45, 2.75) is 32.8 Å². The first kappa shape index (κ1) is 16.2. The summed E-state index contributed by atoms with van der Waals surface area (Å²) in [5.41, 5.74) is -0.980. The summed E-state index contributed by atoms with van der Waals surface area (Å²) >= 11 is 0. The zero-order valence-electron chi connectivity index (χ0n) is 12.1. The van der Waals surface area contributed by atoms with Crippen LogP contribution in [0.5, 0.6) is 0 Å². The van der Waals surface area contributed by atoms with Gasteiger partial charge in [0.15, 0.2) is 0 Å². The zero-order valence-corrected chi connectivity index (χ0v) is 12.9. The molecule has 19 heavy (non-hydrogen) atoms. The normalized spacial score (nSPS) is 24.2. The van der Waals surface area contributed by atoms with E-state index in [-0.39, 0.29) is 5.75 Å². The lowest BCUT2D eigenvalue weighted by Crippen LogP contribution is -2.44. The van der Waals surface area contributed by atoms with E-state index in [1.54, 1.807) is 20.8 Å². The van der Waals surface area contributed by atoms with Gasteiger partial charge in [0.05, 0.1) is 5.75 Å². The summed E-state index contributed by atoms with van der Waals surface area (Å²) < 4.78 is 28.1. The molecular weight excluding hydrogens is 268 g/mol. The highest BCUT2D eigenvalue weighted by Crippen LogP contribution is 2.26. The largest absolute Gasteiger partial charge is 0.444 e. The van der Waals surface area contributed by atoms with E-state index in [1.165, 1.54) is 6.26 Å². The molecule has 0 saturated carbocycles. The van der Waals surface area contributed by atoms with Gasteiger partial charge in [-0.1, -0.05) is 0 Å². The van der Waals surface area contributed by atoms with Crippen molar-refractivity contribution < 1.29 is 17.9 Å². The van der Waals surface area contributed by atoms with Gasteiger partial charge in [-0.05, 0) is 33.7 Å². The van der Waals surface area contributed by atoms with Crippen molar-refractivity contribution in [2.75, 3.05) is 31.6 Å². The summed E-state index contributed by atoms with van der Waals surface area (Å²) in [5.74, 6) is 0.0722. The molecule has 0 aromatic heterocycles. The number of nitrogens with one attached hydrogen (secondary N) is 2. The van der Waals surface area contributed by atoms with Gasteiger partial charge in [-0.15, -0.1) is 0 Å². The summed E-state index contributed by atoms with van der Waals surface area (Å²) in [4.78, 5) is 11.6. The van der Waals surface area contributed by atoms with Crippen LogP contribution in [-0.4, -0.2) is 51.8 Å². The number of carbonyl (C=O) groups excluding carboxylic acids is 1. The molecular formula is C12H24N2O4S. The number of hydrogen-bond donors (Lipinski definition) is 2. The van der Waals surface area contributed by atoms with E-state index in [1.807, 2.05) is 0 Å². The maximum atomic E-state index is 11.6. The van der Waals surface area contributed by atoms with Crippen LogP contribution in [-0.2, 0) is 14.6 Å². The Morgan fingerprint density at radius 1 is 1.42 bits per heavy atom. The molecule has 1 aliphatic rings. The molecule has 0 bridgehead atoms. The van der Waals surface area contributed by atoms with Gasteiger partial charge in [0.2, 0.25) is 0 Å². The number of sulfone groups is 1. The van der Waals surface area contributed by atoms with Gasteiger partial charge in [0.25, 0.3) is 0 Å². The fraction of sp³-hybridized carbons (Fsp3) is 0.917. The monoisotopic (exact) mass is 292 g/mol. The van der Waals surface area contributed by atoms with Gasteiger partial charge < -0.3 is 15.4 Å². The van der Waals surface area contributed by atoms with Crippen molar-refractivity contribution in [3.8, 4) is 0 Å². The van der Waals surface area contributed by atoms with Gasteiger partial charge in [0.1, 0.15) is 15.4 Å². The Labute approximate surface area is 115 Å². The maximum absolute atomic E-state index is 11.6. The summed E-state index contributed by atoms with van der Waals surface area (Å²) in [6.07, 6.45) is 1.45. The summed E-state index contributed by atoms with van der Waals surface area (Å²) in [5, 5.41) is 5.83. The Balaban J connectivity index is 2.58. The molecule has 0 aromatic rings. The first-order valence-corrected chi connectivity index (χ1v) is 8.43. The Hall–Kier alpha value is -0.820. The highest BCUT2D eigenvalue weighted by atomic mass is 32.2. The van der Waals surface area contributed by atoms with Gasteiger partial charge in [-0.2, -0.15) is 0 Å². The predicted molar refractivity (Wildman–Crippen MR) is 73.9 cm³/mol. The Morgan fingerprint density at radius 2 is 2.05 bits per heavy atom. The molecule has 0 spiro atoms. The molecule has 1 aliphatic heterocycles. The number of hydrogen-bond acceptors (Lipinski definition) is 5. The van der Waals surface area contributed by atoms with E-state index in [4.69, 9.17) is 4.74 Å². The molecule has 1 atom stereocenters. The van der Waals surface area contributed by atoms with E-state index in [0.717, 1.165) is 13.0 Å². The van der Waals surface area contributed by atoms with Gasteiger partial charge >= 0.3 is 6.09 Å². The number of carbonyl (C=O) groups is 1. The summed E-state index contributed by atoms with van der Waals surface area (Å²) in [6.45, 7) is 7.03. The molecule has 2 N–H and O–H groups in total. The number of rotatable bonds is 4. The summed E-state index contributed by atoms with van der Waals surface area (Å²) in [7, 11) is -3.08. The predicted octanol–water partition coefficient (Wildman–Crippen LogP) is 0.535. The lowest BCUT2D eigenvalue weighted by Gasteiger charge is -2.28. The van der Waals surface area contributed by atoms with Gasteiger partial charge in [0, 0.05) is 24.8 Å². The Bertz CT molecular complexity index is 420. The van der Waals surface area contributed by atoms with E-state index in [2.05, 4.69) is 10.6 Å². The fourth-order valence-corrected chi connectivity index (χ4v) is 3.71. The molecule has 1 fully saturated rings. The molecule has 1 unspecified atom stereocenters. The van der Waals surface area contributed by atoms with Gasteiger partial charge in [-0.3, -0.25) is 0 Å². The van der Waals surface area contributed by atoms with Crippen molar-refractivity contribution in [2.24, 2.45) is 5.41 Å². The molecule has 7 heteroatoms. The third kappa shape index (κ3) is 6.24. The second kappa shape index (κ2) is 5.66. The van der Waals surface area contributed by atoms with Crippen molar-refractivity contribution in [1.29, 1.82) is 0 Å². The third-order valence-corrected chi connectivity index (χ3v) is 4.04. The zero-order chi connectivity index (χ0) is 14.7. The average molecular weight is 292 g/mol. The topological polar surface area (TPSA) is 84.5 Å². The van der Waals surface area contributed by atoms with Crippen LogP contribution in [0.3, 0.4) is 0 Å². The molecule has 112 valence electrons. The smallest absolute Gasteiger partial charge is 0.407 e. The highest BCUT2D eigenvalue weighted by molar-refractivity contribution is 7.90. The molecule has 6 nitrogen and oxygen atoms in total. The molecule has 1 saturated heterocycles. The van der Waals surface area contributed by atoms with Crippen molar-refractivity contribution in [3.63, 3.8) is 0 Å². The first-order chi connectivity index (χ1) is 8.52. The first-order valence-electron chi connectivity index (χ1n) is 6.37. The van der Waals surface area contributed by atoms with Crippen molar-refractivity contribution >= 4 is 15.9 Å². The lowest BCUT2D eigenvalue weighted by molar-refractivity contribution is 0.0507. The molecule has 1 rings (SSSR count). The number of alkyl carbamates (subject to hydrolysis) is 1. The van der Waals surface area contributed by atoms with Crippen LogP contribution in [0.4, 0.5) is 4.79 Å². The number of amides is 1. The summed E-state index contributed by atoms with van der Waals surface area (Å²) in [6, 6.07) is 0. The van der Waals surface area contributed by atoms with Crippen LogP contribution >= 0.6 is 0 Å². The second-order valence-electron chi connectivity index (χ2n) is 6.35. The van der Waals surface area contributed by atoms with Crippen molar-refractivity contribution in [1.82, 2.24) is 10.6 Å². The van der Waals surface area contributed by atoms with Crippen LogP contribution in [0.25, 0.3) is 0 Å². The van der Waals surface area contributed by atoms with Crippen LogP contribution in [0.2, 0.25) is 0 Å². The Kier molecular flexibility index (Phi) is 4.84. The van der Waals surface area contributed by atoms with Crippen molar-refractivity contribution in [3.05, 3.63) is 0 Å². The third-order valence-electron chi connectivity index (χ3n) is 2.91. The van der Waals surface area contributed by atoms with E-state index >= 15 is 0 Å². The standard InChI is InChI=1S/C12H24N2O4S/c1-11(2,3)18-10(15)14-8-12(5-6-13-7-12)9-19(4,16)17/h13H,5-9H2,1-4H3,(H,14,15). The lowest BCUT2D eigenvalue weighted by atomic mass is 9.89. The Morgan fingerprint density at radius 3 is 2.47 bits per heavy atom. The number of ether oxygens (including phenoxy) is 1. The second-order valence-corrected chi connectivity index (χ2v) is 8.49.